The summed E-state index contributed by atoms with van der Waals surface area (Å²) in [5.41, 5.74) is 0.301. The molecule has 0 atom stereocenters. The summed E-state index contributed by atoms with van der Waals surface area (Å²) >= 11 is 0. The fourth-order valence-corrected chi connectivity index (χ4v) is 1.02. The molecule has 1 rings (SSSR count). The lowest BCUT2D eigenvalue weighted by Crippen LogP contribution is -2.26. The van der Waals surface area contributed by atoms with Crippen molar-refractivity contribution in [3.8, 4) is 18.2 Å². The molecule has 0 saturated heterocycles. The van der Waals surface area contributed by atoms with Crippen LogP contribution in [0.1, 0.15) is 5.56 Å². The van der Waals surface area contributed by atoms with Gasteiger partial charge < -0.3 is 4.90 Å². The van der Waals surface area contributed by atoms with E-state index in [1.54, 1.807) is 0 Å². The zero-order valence-electron chi connectivity index (χ0n) is 7.75. The van der Waals surface area contributed by atoms with Crippen molar-refractivity contribution in [3.63, 3.8) is 0 Å². The zero-order chi connectivity index (χ0) is 11.1. The van der Waals surface area contributed by atoms with Gasteiger partial charge in [-0.3, -0.25) is 0 Å². The molecule has 0 N–H and O–H groups in total. The Hall–Kier alpha value is -2.65. The molecule has 0 unspecified atom stereocenters. The van der Waals surface area contributed by atoms with E-state index < -0.39 is 0 Å². The van der Waals surface area contributed by atoms with E-state index in [-0.39, 0.29) is 18.9 Å². The van der Waals surface area contributed by atoms with Crippen LogP contribution in [0.3, 0.4) is 0 Å². The molecule has 0 spiro atoms. The van der Waals surface area contributed by atoms with Crippen molar-refractivity contribution >= 4 is 5.82 Å². The standard InChI is InChI=1S/C9H6N6/c10-2-5-15(6-3-11)9-8(7-12)1-4-13-14-9/h1,4H,5-6H2. The van der Waals surface area contributed by atoms with E-state index in [0.29, 0.717) is 5.56 Å². The van der Waals surface area contributed by atoms with Crippen LogP contribution >= 0.6 is 0 Å². The molecule has 0 aliphatic rings. The van der Waals surface area contributed by atoms with Gasteiger partial charge in [0.15, 0.2) is 5.82 Å². The number of aromatic nitrogens is 2. The van der Waals surface area contributed by atoms with Crippen LogP contribution in [0.15, 0.2) is 12.3 Å². The largest absolute Gasteiger partial charge is 0.327 e. The molecule has 0 fully saturated rings. The van der Waals surface area contributed by atoms with Crippen LogP contribution in [-0.4, -0.2) is 23.3 Å². The van der Waals surface area contributed by atoms with Crippen molar-refractivity contribution in [2.75, 3.05) is 18.0 Å². The Morgan fingerprint density at radius 1 is 1.20 bits per heavy atom. The van der Waals surface area contributed by atoms with Crippen LogP contribution in [0, 0.1) is 34.0 Å². The molecule has 0 aliphatic carbocycles. The fourth-order valence-electron chi connectivity index (χ4n) is 1.02. The Labute approximate surface area is 86.6 Å². The van der Waals surface area contributed by atoms with Crippen molar-refractivity contribution in [1.82, 2.24) is 10.2 Å². The summed E-state index contributed by atoms with van der Waals surface area (Å²) in [7, 11) is 0. The normalized spacial score (nSPS) is 8.33. The van der Waals surface area contributed by atoms with Gasteiger partial charge in [-0.05, 0) is 6.07 Å². The van der Waals surface area contributed by atoms with Gasteiger partial charge in [0.1, 0.15) is 19.2 Å². The van der Waals surface area contributed by atoms with E-state index >= 15 is 0 Å². The van der Waals surface area contributed by atoms with Gasteiger partial charge in [-0.1, -0.05) is 0 Å². The lowest BCUT2D eigenvalue weighted by atomic mass is 10.3. The first-order valence-corrected chi connectivity index (χ1v) is 4.04. The van der Waals surface area contributed by atoms with Crippen molar-refractivity contribution in [3.05, 3.63) is 17.8 Å². The van der Waals surface area contributed by atoms with E-state index in [1.165, 1.54) is 17.2 Å². The molecule has 0 bridgehead atoms. The summed E-state index contributed by atoms with van der Waals surface area (Å²) in [4.78, 5) is 1.39. The van der Waals surface area contributed by atoms with Gasteiger partial charge in [-0.2, -0.15) is 20.9 Å². The summed E-state index contributed by atoms with van der Waals surface area (Å²) in [6, 6.07) is 7.22. The van der Waals surface area contributed by atoms with E-state index in [2.05, 4.69) is 10.2 Å². The molecule has 1 aromatic heterocycles. The highest BCUT2D eigenvalue weighted by Gasteiger charge is 2.12. The molecule has 0 aliphatic heterocycles. The molecule has 72 valence electrons. The van der Waals surface area contributed by atoms with Crippen LogP contribution in [0.25, 0.3) is 0 Å². The first-order chi connectivity index (χ1) is 7.33. The van der Waals surface area contributed by atoms with Gasteiger partial charge in [0.25, 0.3) is 0 Å². The minimum Gasteiger partial charge on any atom is -0.327 e. The number of nitriles is 3. The number of rotatable bonds is 3. The molecular formula is C9H6N6. The second kappa shape index (κ2) is 5.16. The highest BCUT2D eigenvalue weighted by Crippen LogP contribution is 2.13. The molecule has 0 aromatic carbocycles. The smallest absolute Gasteiger partial charge is 0.170 e. The number of nitrogens with zero attached hydrogens (tertiary/aromatic N) is 6. The van der Waals surface area contributed by atoms with Crippen molar-refractivity contribution < 1.29 is 0 Å². The molecule has 0 amide bonds. The van der Waals surface area contributed by atoms with Crippen molar-refractivity contribution in [2.24, 2.45) is 0 Å². The maximum atomic E-state index is 8.79. The van der Waals surface area contributed by atoms with Crippen LogP contribution < -0.4 is 4.90 Å². The minimum atomic E-state index is 0.000926. The number of anilines is 1. The molecule has 6 nitrogen and oxygen atoms in total. The Kier molecular flexibility index (Phi) is 3.59. The second-order valence-electron chi connectivity index (χ2n) is 2.55. The highest BCUT2D eigenvalue weighted by molar-refractivity contribution is 5.53. The molecule has 0 saturated carbocycles. The molecule has 6 heteroatoms. The van der Waals surface area contributed by atoms with Gasteiger partial charge in [0.05, 0.1) is 23.9 Å². The molecular weight excluding hydrogens is 192 g/mol. The van der Waals surface area contributed by atoms with Crippen LogP contribution in [-0.2, 0) is 0 Å². The molecule has 1 heterocycles. The topological polar surface area (TPSA) is 100 Å². The van der Waals surface area contributed by atoms with Gasteiger partial charge >= 0.3 is 0 Å². The third-order valence-corrected chi connectivity index (χ3v) is 1.64. The summed E-state index contributed by atoms with van der Waals surface area (Å²) in [5.74, 6) is 0.267. The first-order valence-electron chi connectivity index (χ1n) is 4.04. The van der Waals surface area contributed by atoms with E-state index in [1.807, 2.05) is 18.2 Å². The molecule has 15 heavy (non-hydrogen) atoms. The second-order valence-corrected chi connectivity index (χ2v) is 2.55. The van der Waals surface area contributed by atoms with Gasteiger partial charge in [0.2, 0.25) is 0 Å². The first kappa shape index (κ1) is 10.4. The van der Waals surface area contributed by atoms with Crippen molar-refractivity contribution in [1.29, 1.82) is 15.8 Å². The lowest BCUT2D eigenvalue weighted by Gasteiger charge is -2.16. The predicted molar refractivity (Wildman–Crippen MR) is 50.2 cm³/mol. The fraction of sp³-hybridized carbons (Fsp3) is 0.222. The highest BCUT2D eigenvalue weighted by atomic mass is 15.3. The Balaban J connectivity index is 3.07. The molecule has 0 radical (unpaired) electrons. The number of hydrogen-bond acceptors (Lipinski definition) is 6. The average molecular weight is 198 g/mol. The summed E-state index contributed by atoms with van der Waals surface area (Å²) in [6.45, 7) is 0.00185. The van der Waals surface area contributed by atoms with E-state index in [9.17, 15) is 0 Å². The Bertz CT molecular complexity index is 445. The lowest BCUT2D eigenvalue weighted by molar-refractivity contribution is 0.889. The maximum Gasteiger partial charge on any atom is 0.170 e. The Morgan fingerprint density at radius 3 is 2.40 bits per heavy atom. The van der Waals surface area contributed by atoms with Crippen molar-refractivity contribution in [2.45, 2.75) is 0 Å². The SMILES string of the molecule is N#CCN(CC#N)c1nnccc1C#N. The van der Waals surface area contributed by atoms with Gasteiger partial charge in [-0.25, -0.2) is 0 Å². The summed E-state index contributed by atoms with van der Waals surface area (Å²) in [5, 5.41) is 33.3. The third kappa shape index (κ3) is 2.40. The van der Waals surface area contributed by atoms with E-state index in [4.69, 9.17) is 15.8 Å². The summed E-state index contributed by atoms with van der Waals surface area (Å²) in [6.07, 6.45) is 1.39. The summed E-state index contributed by atoms with van der Waals surface area (Å²) < 4.78 is 0. The average Bonchev–Trinajstić information content (AvgIpc) is 2.29. The molecule has 1 aromatic rings. The van der Waals surface area contributed by atoms with Crippen LogP contribution in [0.2, 0.25) is 0 Å². The minimum absolute atomic E-state index is 0.000926. The quantitative estimate of drug-likeness (QED) is 0.643. The number of hydrogen-bond donors (Lipinski definition) is 0. The monoisotopic (exact) mass is 198 g/mol. The van der Waals surface area contributed by atoms with Crippen LogP contribution in [0.5, 0.6) is 0 Å². The third-order valence-electron chi connectivity index (χ3n) is 1.64. The zero-order valence-corrected chi connectivity index (χ0v) is 7.75. The van der Waals surface area contributed by atoms with Crippen LogP contribution in [0.4, 0.5) is 5.82 Å². The van der Waals surface area contributed by atoms with Gasteiger partial charge in [0, 0.05) is 0 Å². The Morgan fingerprint density at radius 2 is 1.87 bits per heavy atom. The predicted octanol–water partition coefficient (Wildman–Crippen LogP) is 0.202. The maximum absolute atomic E-state index is 8.79. The van der Waals surface area contributed by atoms with E-state index in [0.717, 1.165) is 0 Å². The van der Waals surface area contributed by atoms with Gasteiger partial charge in [-0.15, -0.1) is 5.10 Å².